The fourth-order valence-corrected chi connectivity index (χ4v) is 2.32. The summed E-state index contributed by atoms with van der Waals surface area (Å²) in [6, 6.07) is 0. The molecule has 0 saturated heterocycles. The molecule has 0 atom stereocenters. The van der Waals surface area contributed by atoms with Gasteiger partial charge in [-0.3, -0.25) is 4.79 Å². The summed E-state index contributed by atoms with van der Waals surface area (Å²) < 4.78 is 0. The van der Waals surface area contributed by atoms with Crippen LogP contribution in [0.2, 0.25) is 0 Å². The van der Waals surface area contributed by atoms with E-state index in [9.17, 15) is 4.79 Å². The second-order valence-corrected chi connectivity index (χ2v) is 4.92. The van der Waals surface area contributed by atoms with Crippen LogP contribution in [0.3, 0.4) is 0 Å². The molecule has 0 saturated carbocycles. The first-order chi connectivity index (χ1) is 7.84. The summed E-state index contributed by atoms with van der Waals surface area (Å²) in [5.74, 6) is 0.426. The van der Waals surface area contributed by atoms with Crippen molar-refractivity contribution in [3.05, 3.63) is 11.6 Å². The Kier molecular flexibility index (Phi) is 7.20. The zero-order valence-corrected chi connectivity index (χ0v) is 10.8. The van der Waals surface area contributed by atoms with Crippen LogP contribution in [0.1, 0.15) is 77.6 Å². The lowest BCUT2D eigenvalue weighted by molar-refractivity contribution is -0.115. The van der Waals surface area contributed by atoms with Crippen molar-refractivity contribution >= 4 is 5.78 Å². The standard InChI is InChI=1S/C15H26O/c1-2-3-4-5-6-10-13-15(16)14-11-8-7-9-12-14/h11H,2-10,12-13H2,1H3. The van der Waals surface area contributed by atoms with Crippen LogP contribution in [0.5, 0.6) is 0 Å². The van der Waals surface area contributed by atoms with Crippen LogP contribution in [-0.4, -0.2) is 5.78 Å². The number of allylic oxidation sites excluding steroid dienone is 2. The molecule has 16 heavy (non-hydrogen) atoms. The van der Waals surface area contributed by atoms with Gasteiger partial charge in [-0.2, -0.15) is 0 Å². The number of carbonyl (C=O) groups excluding carboxylic acids is 1. The number of Topliss-reactive ketones (excluding diaryl/α,β-unsaturated/α-hetero) is 1. The van der Waals surface area contributed by atoms with Crippen molar-refractivity contribution in [2.75, 3.05) is 0 Å². The van der Waals surface area contributed by atoms with Gasteiger partial charge in [0, 0.05) is 6.42 Å². The van der Waals surface area contributed by atoms with E-state index in [1.807, 2.05) is 0 Å². The predicted molar refractivity (Wildman–Crippen MR) is 69.6 cm³/mol. The topological polar surface area (TPSA) is 17.1 Å². The lowest BCUT2D eigenvalue weighted by Gasteiger charge is -2.11. The van der Waals surface area contributed by atoms with Crippen LogP contribution in [0.25, 0.3) is 0 Å². The summed E-state index contributed by atoms with van der Waals surface area (Å²) in [4.78, 5) is 11.8. The SMILES string of the molecule is CCCCCCCCC(=O)C1=CCCCC1. The van der Waals surface area contributed by atoms with Crippen molar-refractivity contribution in [1.82, 2.24) is 0 Å². The summed E-state index contributed by atoms with van der Waals surface area (Å²) in [6.45, 7) is 2.24. The van der Waals surface area contributed by atoms with Gasteiger partial charge in [-0.05, 0) is 37.7 Å². The molecule has 1 aliphatic carbocycles. The Morgan fingerprint density at radius 1 is 1.12 bits per heavy atom. The first-order valence-corrected chi connectivity index (χ1v) is 7.07. The van der Waals surface area contributed by atoms with Crippen molar-refractivity contribution in [3.8, 4) is 0 Å². The van der Waals surface area contributed by atoms with E-state index in [0.717, 1.165) is 31.3 Å². The maximum Gasteiger partial charge on any atom is 0.158 e. The van der Waals surface area contributed by atoms with Gasteiger partial charge in [0.25, 0.3) is 0 Å². The molecule has 0 heterocycles. The van der Waals surface area contributed by atoms with Gasteiger partial charge in [0.2, 0.25) is 0 Å². The van der Waals surface area contributed by atoms with Gasteiger partial charge in [-0.1, -0.05) is 45.1 Å². The normalized spacial score (nSPS) is 15.9. The van der Waals surface area contributed by atoms with E-state index in [-0.39, 0.29) is 0 Å². The molecule has 0 unspecified atom stereocenters. The third-order valence-corrected chi connectivity index (χ3v) is 3.41. The number of hydrogen-bond acceptors (Lipinski definition) is 1. The van der Waals surface area contributed by atoms with Crippen LogP contribution >= 0.6 is 0 Å². The molecule has 0 aliphatic heterocycles. The third-order valence-electron chi connectivity index (χ3n) is 3.41. The Morgan fingerprint density at radius 3 is 2.56 bits per heavy atom. The molecule has 0 bridgehead atoms. The molecule has 0 amide bonds. The van der Waals surface area contributed by atoms with E-state index < -0.39 is 0 Å². The van der Waals surface area contributed by atoms with Crippen LogP contribution < -0.4 is 0 Å². The zero-order chi connectivity index (χ0) is 11.6. The smallest absolute Gasteiger partial charge is 0.158 e. The Morgan fingerprint density at radius 2 is 1.88 bits per heavy atom. The molecular weight excluding hydrogens is 196 g/mol. The summed E-state index contributed by atoms with van der Waals surface area (Å²) in [7, 11) is 0. The summed E-state index contributed by atoms with van der Waals surface area (Å²) in [5.41, 5.74) is 1.12. The maximum absolute atomic E-state index is 11.8. The third kappa shape index (κ3) is 5.48. The molecule has 0 fully saturated rings. The highest BCUT2D eigenvalue weighted by Gasteiger charge is 2.11. The second kappa shape index (κ2) is 8.55. The molecule has 1 aliphatic rings. The van der Waals surface area contributed by atoms with Gasteiger partial charge < -0.3 is 0 Å². The highest BCUT2D eigenvalue weighted by molar-refractivity contribution is 5.95. The fraction of sp³-hybridized carbons (Fsp3) is 0.800. The summed E-state index contributed by atoms with van der Waals surface area (Å²) >= 11 is 0. The first kappa shape index (κ1) is 13.5. The average molecular weight is 222 g/mol. The van der Waals surface area contributed by atoms with E-state index >= 15 is 0 Å². The Hall–Kier alpha value is -0.590. The Labute approximate surface area is 100 Å². The molecule has 0 aromatic carbocycles. The Balaban J connectivity index is 2.04. The van der Waals surface area contributed by atoms with Gasteiger partial charge in [0.15, 0.2) is 5.78 Å². The van der Waals surface area contributed by atoms with Gasteiger partial charge in [0.1, 0.15) is 0 Å². The molecule has 0 aromatic heterocycles. The van der Waals surface area contributed by atoms with Gasteiger partial charge in [-0.25, -0.2) is 0 Å². The van der Waals surface area contributed by atoms with Crippen molar-refractivity contribution in [2.24, 2.45) is 0 Å². The van der Waals surface area contributed by atoms with E-state index in [4.69, 9.17) is 0 Å². The van der Waals surface area contributed by atoms with E-state index in [1.165, 1.54) is 44.9 Å². The zero-order valence-electron chi connectivity index (χ0n) is 10.8. The van der Waals surface area contributed by atoms with Crippen molar-refractivity contribution in [1.29, 1.82) is 0 Å². The van der Waals surface area contributed by atoms with Crippen LogP contribution in [0, 0.1) is 0 Å². The fourth-order valence-electron chi connectivity index (χ4n) is 2.32. The molecule has 1 nitrogen and oxygen atoms in total. The number of hydrogen-bond donors (Lipinski definition) is 0. The lowest BCUT2D eigenvalue weighted by atomic mass is 9.94. The molecule has 0 spiro atoms. The van der Waals surface area contributed by atoms with Crippen molar-refractivity contribution in [2.45, 2.75) is 77.6 Å². The molecular formula is C15H26O. The Bertz CT molecular complexity index is 228. The van der Waals surface area contributed by atoms with Gasteiger partial charge in [-0.15, -0.1) is 0 Å². The second-order valence-electron chi connectivity index (χ2n) is 4.92. The molecule has 0 N–H and O–H groups in total. The molecule has 1 rings (SSSR count). The molecule has 92 valence electrons. The minimum absolute atomic E-state index is 0.426. The maximum atomic E-state index is 11.8. The van der Waals surface area contributed by atoms with E-state index in [1.54, 1.807) is 0 Å². The molecule has 0 aromatic rings. The first-order valence-electron chi connectivity index (χ1n) is 7.07. The minimum atomic E-state index is 0.426. The highest BCUT2D eigenvalue weighted by Crippen LogP contribution is 2.20. The quantitative estimate of drug-likeness (QED) is 0.539. The van der Waals surface area contributed by atoms with Crippen molar-refractivity contribution in [3.63, 3.8) is 0 Å². The van der Waals surface area contributed by atoms with Gasteiger partial charge in [0.05, 0.1) is 0 Å². The molecule has 0 radical (unpaired) electrons. The number of rotatable bonds is 8. The van der Waals surface area contributed by atoms with Gasteiger partial charge >= 0.3 is 0 Å². The summed E-state index contributed by atoms with van der Waals surface area (Å²) in [6.07, 6.45) is 15.2. The predicted octanol–water partition coefficient (Wildman–Crippen LogP) is 4.81. The number of ketones is 1. The van der Waals surface area contributed by atoms with E-state index in [0.29, 0.717) is 5.78 Å². The van der Waals surface area contributed by atoms with Crippen LogP contribution in [-0.2, 0) is 4.79 Å². The largest absolute Gasteiger partial charge is 0.295 e. The average Bonchev–Trinajstić information content (AvgIpc) is 2.34. The highest BCUT2D eigenvalue weighted by atomic mass is 16.1. The minimum Gasteiger partial charge on any atom is -0.295 e. The number of carbonyl (C=O) groups is 1. The van der Waals surface area contributed by atoms with Crippen LogP contribution in [0.4, 0.5) is 0 Å². The van der Waals surface area contributed by atoms with Crippen molar-refractivity contribution < 1.29 is 4.79 Å². The summed E-state index contributed by atoms with van der Waals surface area (Å²) in [5, 5.41) is 0. The lowest BCUT2D eigenvalue weighted by Crippen LogP contribution is -2.05. The molecule has 1 heteroatoms. The van der Waals surface area contributed by atoms with Crippen LogP contribution in [0.15, 0.2) is 11.6 Å². The van der Waals surface area contributed by atoms with E-state index in [2.05, 4.69) is 13.0 Å². The number of unbranched alkanes of at least 4 members (excludes halogenated alkanes) is 5. The monoisotopic (exact) mass is 222 g/mol.